The zero-order chi connectivity index (χ0) is 13.0. The lowest BCUT2D eigenvalue weighted by Crippen LogP contribution is -3.61. The van der Waals surface area contributed by atoms with Crippen LogP contribution in [0.25, 0.3) is 0 Å². The summed E-state index contributed by atoms with van der Waals surface area (Å²) < 4.78 is 3.00. The van der Waals surface area contributed by atoms with Crippen LogP contribution >= 0.6 is 0 Å². The van der Waals surface area contributed by atoms with Gasteiger partial charge in [-0.25, -0.2) is 0 Å². The van der Waals surface area contributed by atoms with E-state index < -0.39 is 0 Å². The Kier molecular flexibility index (Phi) is 7.36. The number of benzene rings is 2. The van der Waals surface area contributed by atoms with E-state index in [1.54, 1.807) is 0 Å². The number of aryl methyl sites for hydroxylation is 1. The van der Waals surface area contributed by atoms with Gasteiger partial charge in [-0.15, -0.1) is 0 Å². The van der Waals surface area contributed by atoms with Crippen molar-refractivity contribution in [2.45, 2.75) is 27.2 Å². The van der Waals surface area contributed by atoms with Gasteiger partial charge < -0.3 is 24.0 Å². The highest BCUT2D eigenvalue weighted by Gasteiger charge is 2.14. The van der Waals surface area contributed by atoms with Gasteiger partial charge in [0.15, 0.2) is 7.14 Å². The summed E-state index contributed by atoms with van der Waals surface area (Å²) >= 11 is -0.0179. The second-order valence-electron chi connectivity index (χ2n) is 5.11. The molecule has 0 aromatic heterocycles. The number of rotatable bonds is 4. The smallest absolute Gasteiger partial charge is 0.357 e. The number of hydrogen-bond acceptors (Lipinski definition) is 0. The Labute approximate surface area is 144 Å². The third-order valence-electron chi connectivity index (χ3n) is 2.79. The fourth-order valence-electron chi connectivity index (χ4n) is 1.88. The van der Waals surface area contributed by atoms with Gasteiger partial charge in [0, 0.05) is 0 Å². The summed E-state index contributed by atoms with van der Waals surface area (Å²) in [6.45, 7) is 6.68. The summed E-state index contributed by atoms with van der Waals surface area (Å²) in [5, 5.41) is 0. The van der Waals surface area contributed by atoms with Crippen molar-refractivity contribution < 1.29 is 45.2 Å². The minimum absolute atomic E-state index is 0. The molecule has 0 radical (unpaired) electrons. The summed E-state index contributed by atoms with van der Waals surface area (Å²) in [5.41, 5.74) is 2.80. The monoisotopic (exact) mass is 478 g/mol. The van der Waals surface area contributed by atoms with Crippen molar-refractivity contribution in [2.75, 3.05) is 0 Å². The average molecular weight is 478 g/mol. The van der Waals surface area contributed by atoms with Gasteiger partial charge in [-0.3, -0.25) is 0 Å². The van der Waals surface area contributed by atoms with Crippen molar-refractivity contribution in [1.82, 2.24) is 0 Å². The standard InChI is InChI=1S/C17H20I.HI/c1-13(2)12-15-6-10-17(11-7-15)18-16-8-4-14(3)5-9-16;/h4-11,13H,12H2,1-3H3;1H/q+1;/p-1. The molecule has 0 saturated heterocycles. The number of hydrogen-bond donors (Lipinski definition) is 0. The molecular weight excluding hydrogens is 458 g/mol. The third-order valence-corrected chi connectivity index (χ3v) is 5.47. The quantitative estimate of drug-likeness (QED) is 0.462. The second kappa shape index (κ2) is 8.25. The molecule has 0 unspecified atom stereocenters. The predicted molar refractivity (Wildman–Crippen MR) is 73.6 cm³/mol. The van der Waals surface area contributed by atoms with Crippen LogP contribution in [0, 0.1) is 20.0 Å². The van der Waals surface area contributed by atoms with E-state index in [4.69, 9.17) is 0 Å². The largest absolute Gasteiger partial charge is 1.00 e. The first-order valence-corrected chi connectivity index (χ1v) is 8.59. The van der Waals surface area contributed by atoms with E-state index in [2.05, 4.69) is 69.3 Å². The SMILES string of the molecule is Cc1ccc([I+]c2ccc(CC(C)C)cc2)cc1.[I-]. The van der Waals surface area contributed by atoms with Gasteiger partial charge in [0.1, 0.15) is 0 Å². The van der Waals surface area contributed by atoms with Crippen LogP contribution in [0.15, 0.2) is 48.5 Å². The minimum atomic E-state index is -0.0179. The van der Waals surface area contributed by atoms with E-state index in [9.17, 15) is 0 Å². The van der Waals surface area contributed by atoms with E-state index in [1.807, 2.05) is 0 Å². The zero-order valence-electron chi connectivity index (χ0n) is 11.7. The molecule has 0 heterocycles. The first kappa shape index (κ1) is 17.0. The summed E-state index contributed by atoms with van der Waals surface area (Å²) in [5.74, 6) is 0.739. The van der Waals surface area contributed by atoms with Gasteiger partial charge in [-0.05, 0) is 49.1 Å². The summed E-state index contributed by atoms with van der Waals surface area (Å²) in [6.07, 6.45) is 1.18. The van der Waals surface area contributed by atoms with Gasteiger partial charge in [0.25, 0.3) is 0 Å². The van der Waals surface area contributed by atoms with E-state index in [0.717, 1.165) is 5.92 Å². The summed E-state index contributed by atoms with van der Waals surface area (Å²) in [7, 11) is 0. The van der Waals surface area contributed by atoms with Gasteiger partial charge in [0.2, 0.25) is 0 Å². The van der Waals surface area contributed by atoms with Crippen molar-refractivity contribution >= 4 is 0 Å². The van der Waals surface area contributed by atoms with Gasteiger partial charge in [-0.2, -0.15) is 0 Å². The van der Waals surface area contributed by atoms with Crippen LogP contribution in [-0.2, 0) is 6.42 Å². The molecular formula is C17H20I2. The molecule has 0 amide bonds. The van der Waals surface area contributed by atoms with E-state index in [0.29, 0.717) is 0 Å². The van der Waals surface area contributed by atoms with Crippen molar-refractivity contribution in [3.63, 3.8) is 0 Å². The van der Waals surface area contributed by atoms with Crippen LogP contribution < -0.4 is 45.2 Å². The third kappa shape index (κ3) is 5.81. The first-order chi connectivity index (χ1) is 8.63. The van der Waals surface area contributed by atoms with Gasteiger partial charge in [0.05, 0.1) is 0 Å². The molecule has 0 saturated carbocycles. The van der Waals surface area contributed by atoms with Crippen molar-refractivity contribution in [3.8, 4) is 0 Å². The lowest BCUT2D eigenvalue weighted by Gasteiger charge is -2.03. The maximum atomic E-state index is 2.31. The molecule has 0 nitrogen and oxygen atoms in total. The van der Waals surface area contributed by atoms with Crippen LogP contribution in [-0.4, -0.2) is 0 Å². The van der Waals surface area contributed by atoms with Crippen LogP contribution in [0.2, 0.25) is 0 Å². The highest BCUT2D eigenvalue weighted by Crippen LogP contribution is 2.06. The molecule has 0 spiro atoms. The molecule has 0 bridgehead atoms. The van der Waals surface area contributed by atoms with Crippen molar-refractivity contribution in [1.29, 1.82) is 0 Å². The lowest BCUT2D eigenvalue weighted by atomic mass is 10.0. The second-order valence-corrected chi connectivity index (χ2v) is 8.15. The van der Waals surface area contributed by atoms with Crippen molar-refractivity contribution in [2.24, 2.45) is 5.92 Å². The summed E-state index contributed by atoms with van der Waals surface area (Å²) in [4.78, 5) is 0. The van der Waals surface area contributed by atoms with Crippen LogP contribution in [0.5, 0.6) is 0 Å². The van der Waals surface area contributed by atoms with E-state index in [-0.39, 0.29) is 45.2 Å². The molecule has 2 heteroatoms. The predicted octanol–water partition coefficient (Wildman–Crippen LogP) is -1.67. The Bertz CT molecular complexity index is 484. The van der Waals surface area contributed by atoms with Gasteiger partial charge in [-0.1, -0.05) is 43.7 Å². The molecule has 2 aromatic carbocycles. The normalized spacial score (nSPS) is 10.3. The van der Waals surface area contributed by atoms with E-state index in [1.165, 1.54) is 24.7 Å². The Hall–Kier alpha value is -0.100. The Morgan fingerprint density at radius 1 is 0.842 bits per heavy atom. The molecule has 19 heavy (non-hydrogen) atoms. The van der Waals surface area contributed by atoms with Crippen LogP contribution in [0.1, 0.15) is 25.0 Å². The van der Waals surface area contributed by atoms with Crippen LogP contribution in [0.4, 0.5) is 0 Å². The summed E-state index contributed by atoms with van der Waals surface area (Å²) in [6, 6.07) is 18.2. The molecule has 2 rings (SSSR count). The maximum Gasteiger partial charge on any atom is 0.357 e. The molecule has 2 aromatic rings. The zero-order valence-corrected chi connectivity index (χ0v) is 16.0. The maximum absolute atomic E-state index is 2.31. The molecule has 0 atom stereocenters. The number of halogens is 2. The van der Waals surface area contributed by atoms with Crippen LogP contribution in [0.3, 0.4) is 0 Å². The average Bonchev–Trinajstić information content (AvgIpc) is 2.34. The molecule has 0 aliphatic heterocycles. The van der Waals surface area contributed by atoms with Gasteiger partial charge >= 0.3 is 21.2 Å². The topological polar surface area (TPSA) is 0 Å². The highest BCUT2D eigenvalue weighted by molar-refractivity contribution is 5.15. The lowest BCUT2D eigenvalue weighted by molar-refractivity contribution is -0.597. The molecule has 0 N–H and O–H groups in total. The molecule has 102 valence electrons. The molecule has 0 aliphatic rings. The Balaban J connectivity index is 0.00000180. The fraction of sp³-hybridized carbons (Fsp3) is 0.294. The molecule has 0 aliphatic carbocycles. The highest BCUT2D eigenvalue weighted by atomic mass is 127. The van der Waals surface area contributed by atoms with E-state index >= 15 is 0 Å². The minimum Gasteiger partial charge on any atom is -1.00 e. The first-order valence-electron chi connectivity index (χ1n) is 6.44. The molecule has 0 fully saturated rings. The van der Waals surface area contributed by atoms with Crippen molar-refractivity contribution in [3.05, 3.63) is 66.8 Å². The fourth-order valence-corrected chi connectivity index (χ4v) is 4.03. The Morgan fingerprint density at radius 2 is 1.32 bits per heavy atom. The Morgan fingerprint density at radius 3 is 1.79 bits per heavy atom.